The van der Waals surface area contributed by atoms with Crippen molar-refractivity contribution in [2.24, 2.45) is 5.92 Å². The fraction of sp³-hybridized carbons (Fsp3) is 0.615. The molecule has 18 heavy (non-hydrogen) atoms. The van der Waals surface area contributed by atoms with Crippen LogP contribution in [0, 0.1) is 5.92 Å². The van der Waals surface area contributed by atoms with Crippen LogP contribution in [0.4, 0.5) is 0 Å². The van der Waals surface area contributed by atoms with Crippen molar-refractivity contribution in [2.75, 3.05) is 19.6 Å². The average Bonchev–Trinajstić information content (AvgIpc) is 2.76. The number of hydrogen-bond acceptors (Lipinski definition) is 3. The van der Waals surface area contributed by atoms with Gasteiger partial charge in [0.1, 0.15) is 5.15 Å². The van der Waals surface area contributed by atoms with Crippen molar-refractivity contribution in [2.45, 2.75) is 25.4 Å². The lowest BCUT2D eigenvalue weighted by Crippen LogP contribution is -2.40. The van der Waals surface area contributed by atoms with E-state index < -0.39 is 0 Å². The van der Waals surface area contributed by atoms with Gasteiger partial charge in [-0.2, -0.15) is 0 Å². The first-order valence-corrected chi connectivity index (χ1v) is 7.24. The Morgan fingerprint density at radius 3 is 3.06 bits per heavy atom. The van der Waals surface area contributed by atoms with E-state index in [4.69, 9.17) is 23.2 Å². The molecule has 0 amide bonds. The Morgan fingerprint density at radius 1 is 1.33 bits per heavy atom. The van der Waals surface area contributed by atoms with Crippen molar-refractivity contribution in [3.8, 4) is 0 Å². The number of pyridine rings is 1. The summed E-state index contributed by atoms with van der Waals surface area (Å²) in [7, 11) is 0. The molecule has 5 heteroatoms. The second-order valence-electron chi connectivity index (χ2n) is 5.22. The zero-order valence-corrected chi connectivity index (χ0v) is 11.7. The third-order valence-corrected chi connectivity index (χ3v) is 4.49. The third kappa shape index (κ3) is 2.64. The van der Waals surface area contributed by atoms with Gasteiger partial charge in [-0.3, -0.25) is 4.90 Å². The van der Waals surface area contributed by atoms with E-state index in [1.807, 2.05) is 6.07 Å². The van der Waals surface area contributed by atoms with E-state index in [0.717, 1.165) is 37.8 Å². The van der Waals surface area contributed by atoms with Crippen molar-refractivity contribution < 1.29 is 0 Å². The standard InChI is InChI=1S/C13H17Cl2N3/c14-10-3-4-13(15)17-12(10)8-18-6-9-2-1-5-16-11(9)7-18/h3-4,9,11,16H,1-2,5-8H2. The van der Waals surface area contributed by atoms with Gasteiger partial charge >= 0.3 is 0 Å². The van der Waals surface area contributed by atoms with E-state index >= 15 is 0 Å². The summed E-state index contributed by atoms with van der Waals surface area (Å²) >= 11 is 12.1. The molecule has 3 heterocycles. The zero-order chi connectivity index (χ0) is 12.5. The molecular weight excluding hydrogens is 269 g/mol. The molecule has 2 fully saturated rings. The van der Waals surface area contributed by atoms with Crippen molar-refractivity contribution in [1.82, 2.24) is 15.2 Å². The highest BCUT2D eigenvalue weighted by atomic mass is 35.5. The predicted octanol–water partition coefficient (Wildman–Crippen LogP) is 2.57. The lowest BCUT2D eigenvalue weighted by atomic mass is 9.94. The van der Waals surface area contributed by atoms with Crippen LogP contribution in [0.5, 0.6) is 0 Å². The molecule has 0 radical (unpaired) electrons. The number of aromatic nitrogens is 1. The van der Waals surface area contributed by atoms with Crippen LogP contribution in [0.2, 0.25) is 10.2 Å². The molecule has 0 saturated carbocycles. The first-order valence-electron chi connectivity index (χ1n) is 6.49. The fourth-order valence-electron chi connectivity index (χ4n) is 3.05. The van der Waals surface area contributed by atoms with E-state index in [1.165, 1.54) is 12.8 Å². The fourth-order valence-corrected chi connectivity index (χ4v) is 3.38. The Labute approximate surface area is 117 Å². The van der Waals surface area contributed by atoms with Gasteiger partial charge < -0.3 is 5.32 Å². The van der Waals surface area contributed by atoms with Crippen LogP contribution in [0.1, 0.15) is 18.5 Å². The van der Waals surface area contributed by atoms with Crippen LogP contribution in [-0.2, 0) is 6.54 Å². The molecule has 3 nitrogen and oxygen atoms in total. The lowest BCUT2D eigenvalue weighted by molar-refractivity contribution is 0.309. The molecule has 2 atom stereocenters. The molecule has 0 aromatic carbocycles. The summed E-state index contributed by atoms with van der Waals surface area (Å²) in [6.45, 7) is 4.19. The predicted molar refractivity (Wildman–Crippen MR) is 74.0 cm³/mol. The van der Waals surface area contributed by atoms with Gasteiger partial charge in [-0.15, -0.1) is 0 Å². The topological polar surface area (TPSA) is 28.2 Å². The molecule has 1 N–H and O–H groups in total. The van der Waals surface area contributed by atoms with Crippen LogP contribution >= 0.6 is 23.2 Å². The Kier molecular flexibility index (Phi) is 3.76. The zero-order valence-electron chi connectivity index (χ0n) is 10.2. The quantitative estimate of drug-likeness (QED) is 0.847. The van der Waals surface area contributed by atoms with Crippen LogP contribution < -0.4 is 5.32 Å². The highest BCUT2D eigenvalue weighted by molar-refractivity contribution is 6.32. The number of fused-ring (bicyclic) bond motifs is 1. The normalized spacial score (nSPS) is 28.3. The lowest BCUT2D eigenvalue weighted by Gasteiger charge is -2.24. The number of nitrogens with zero attached hydrogens (tertiary/aromatic N) is 2. The Balaban J connectivity index is 1.68. The second kappa shape index (κ2) is 5.33. The minimum atomic E-state index is 0.518. The Morgan fingerprint density at radius 2 is 2.22 bits per heavy atom. The molecule has 0 spiro atoms. The van der Waals surface area contributed by atoms with Gasteiger partial charge in [0.05, 0.1) is 10.7 Å². The molecule has 2 saturated heterocycles. The third-order valence-electron chi connectivity index (χ3n) is 3.93. The van der Waals surface area contributed by atoms with Crippen molar-refractivity contribution in [3.63, 3.8) is 0 Å². The summed E-state index contributed by atoms with van der Waals surface area (Å²) < 4.78 is 0. The molecule has 2 aliphatic rings. The Bertz CT molecular complexity index is 424. The van der Waals surface area contributed by atoms with E-state index in [1.54, 1.807) is 6.07 Å². The molecular formula is C13H17Cl2N3. The van der Waals surface area contributed by atoms with Gasteiger partial charge in [-0.1, -0.05) is 23.2 Å². The van der Waals surface area contributed by atoms with Crippen molar-refractivity contribution in [1.29, 1.82) is 0 Å². The van der Waals surface area contributed by atoms with Crippen LogP contribution in [0.3, 0.4) is 0 Å². The first kappa shape index (κ1) is 12.7. The summed E-state index contributed by atoms with van der Waals surface area (Å²) in [4.78, 5) is 6.75. The second-order valence-corrected chi connectivity index (χ2v) is 6.01. The van der Waals surface area contributed by atoms with Gasteiger partial charge in [-0.05, 0) is 37.4 Å². The summed E-state index contributed by atoms with van der Waals surface area (Å²) in [6, 6.07) is 4.21. The van der Waals surface area contributed by atoms with Crippen molar-refractivity contribution in [3.05, 3.63) is 28.0 Å². The monoisotopic (exact) mass is 285 g/mol. The van der Waals surface area contributed by atoms with Gasteiger partial charge in [0, 0.05) is 25.7 Å². The number of hydrogen-bond donors (Lipinski definition) is 1. The first-order chi connectivity index (χ1) is 8.72. The average molecular weight is 286 g/mol. The van der Waals surface area contributed by atoms with E-state index in [2.05, 4.69) is 15.2 Å². The van der Waals surface area contributed by atoms with Gasteiger partial charge in [0.15, 0.2) is 0 Å². The highest BCUT2D eigenvalue weighted by Gasteiger charge is 2.34. The maximum Gasteiger partial charge on any atom is 0.129 e. The van der Waals surface area contributed by atoms with Gasteiger partial charge in [0.2, 0.25) is 0 Å². The molecule has 1 aromatic heterocycles. The van der Waals surface area contributed by atoms with E-state index in [0.29, 0.717) is 16.2 Å². The minimum Gasteiger partial charge on any atom is -0.312 e. The highest BCUT2D eigenvalue weighted by Crippen LogP contribution is 2.27. The van der Waals surface area contributed by atoms with Crippen LogP contribution in [-0.4, -0.2) is 35.6 Å². The molecule has 98 valence electrons. The van der Waals surface area contributed by atoms with Crippen molar-refractivity contribution >= 4 is 23.2 Å². The van der Waals surface area contributed by atoms with E-state index in [9.17, 15) is 0 Å². The maximum absolute atomic E-state index is 6.16. The molecule has 1 aromatic rings. The molecule has 2 unspecified atom stereocenters. The van der Waals surface area contributed by atoms with Gasteiger partial charge in [-0.25, -0.2) is 4.98 Å². The number of piperidine rings is 1. The molecule has 3 rings (SSSR count). The Hall–Kier alpha value is -0.350. The molecule has 0 aliphatic carbocycles. The number of halogens is 2. The maximum atomic E-state index is 6.16. The minimum absolute atomic E-state index is 0.518. The van der Waals surface area contributed by atoms with Gasteiger partial charge in [0.25, 0.3) is 0 Å². The summed E-state index contributed by atoms with van der Waals surface area (Å²) in [6.07, 6.45) is 2.63. The summed E-state index contributed by atoms with van der Waals surface area (Å²) in [5, 5.41) is 4.83. The number of rotatable bonds is 2. The van der Waals surface area contributed by atoms with Crippen LogP contribution in [0.15, 0.2) is 12.1 Å². The molecule has 0 bridgehead atoms. The smallest absolute Gasteiger partial charge is 0.129 e. The number of nitrogens with one attached hydrogen (secondary N) is 1. The molecule has 2 aliphatic heterocycles. The van der Waals surface area contributed by atoms with E-state index in [-0.39, 0.29) is 0 Å². The summed E-state index contributed by atoms with van der Waals surface area (Å²) in [5.41, 5.74) is 0.891. The SMILES string of the molecule is Clc1ccc(Cl)c(CN2CC3CCCNC3C2)n1. The largest absolute Gasteiger partial charge is 0.312 e. The summed E-state index contributed by atoms with van der Waals surface area (Å²) in [5.74, 6) is 0.789. The van der Waals surface area contributed by atoms with Crippen LogP contribution in [0.25, 0.3) is 0 Å². The number of likely N-dealkylation sites (tertiary alicyclic amines) is 1.